The number of hydrogen-bond donors (Lipinski definition) is 0. The van der Waals surface area contributed by atoms with E-state index in [1.165, 1.54) is 12.1 Å². The molecule has 1 amide bonds. The van der Waals surface area contributed by atoms with Crippen molar-refractivity contribution in [2.75, 3.05) is 12.1 Å². The molecule has 0 fully saturated rings. The molecule has 0 bridgehead atoms. The number of nitrogens with zero attached hydrogens (tertiary/aromatic N) is 4. The Morgan fingerprint density at radius 3 is 2.67 bits per heavy atom. The van der Waals surface area contributed by atoms with Crippen molar-refractivity contribution in [3.8, 4) is 5.75 Å². The lowest BCUT2D eigenvalue weighted by molar-refractivity contribution is -0.117. The molecular formula is C17H15ClN4O2. The van der Waals surface area contributed by atoms with Crippen LogP contribution in [0.25, 0.3) is 0 Å². The fourth-order valence-electron chi connectivity index (χ4n) is 2.30. The summed E-state index contributed by atoms with van der Waals surface area (Å²) in [6.45, 7) is 1.75. The van der Waals surface area contributed by atoms with Gasteiger partial charge in [0.25, 0.3) is 5.91 Å². The average Bonchev–Trinajstić information content (AvgIpc) is 2.89. The van der Waals surface area contributed by atoms with Gasteiger partial charge in [-0.25, -0.2) is 0 Å². The van der Waals surface area contributed by atoms with Gasteiger partial charge in [-0.15, -0.1) is 0 Å². The fourth-order valence-corrected chi connectivity index (χ4v) is 2.46. The van der Waals surface area contributed by atoms with Gasteiger partial charge in [0.2, 0.25) is 0 Å². The van der Waals surface area contributed by atoms with Crippen LogP contribution >= 0.6 is 11.6 Å². The summed E-state index contributed by atoms with van der Waals surface area (Å²) in [5, 5.41) is 14.5. The summed E-state index contributed by atoms with van der Waals surface area (Å²) in [6.07, 6.45) is 0. The zero-order valence-corrected chi connectivity index (χ0v) is 13.9. The van der Waals surface area contributed by atoms with E-state index in [4.69, 9.17) is 16.3 Å². The number of azo groups is 1. The second-order valence-corrected chi connectivity index (χ2v) is 5.60. The predicted octanol–water partition coefficient (Wildman–Crippen LogP) is 4.22. The van der Waals surface area contributed by atoms with Crippen LogP contribution in [0, 0.1) is 0 Å². The lowest BCUT2D eigenvalue weighted by Gasteiger charge is -2.12. The molecule has 7 heteroatoms. The molecule has 1 aliphatic heterocycles. The Kier molecular flexibility index (Phi) is 4.57. The highest BCUT2D eigenvalue weighted by molar-refractivity contribution is 6.30. The molecule has 1 aliphatic rings. The lowest BCUT2D eigenvalue weighted by atomic mass is 10.2. The number of carbonyl (C=O) groups excluding carboxylic acids is 1. The summed E-state index contributed by atoms with van der Waals surface area (Å²) in [4.78, 5) is 12.6. The van der Waals surface area contributed by atoms with E-state index in [1.807, 2.05) is 30.3 Å². The summed E-state index contributed by atoms with van der Waals surface area (Å²) in [7, 11) is 1.52. The molecule has 0 N–H and O–H groups in total. The van der Waals surface area contributed by atoms with E-state index in [2.05, 4.69) is 15.3 Å². The van der Waals surface area contributed by atoms with Gasteiger partial charge in [0, 0.05) is 11.1 Å². The normalized spacial score (nSPS) is 17.5. The van der Waals surface area contributed by atoms with E-state index in [0.29, 0.717) is 27.9 Å². The first kappa shape index (κ1) is 16.1. The Hall–Kier alpha value is -2.73. The van der Waals surface area contributed by atoms with E-state index in [-0.39, 0.29) is 5.91 Å². The highest BCUT2D eigenvalue weighted by atomic mass is 35.5. The van der Waals surface area contributed by atoms with Crippen LogP contribution in [0.15, 0.2) is 63.9 Å². The molecule has 24 heavy (non-hydrogen) atoms. The van der Waals surface area contributed by atoms with Crippen molar-refractivity contribution in [1.82, 2.24) is 0 Å². The number of benzene rings is 2. The van der Waals surface area contributed by atoms with Gasteiger partial charge in [-0.3, -0.25) is 4.79 Å². The minimum Gasteiger partial charge on any atom is -0.494 e. The third kappa shape index (κ3) is 3.14. The largest absolute Gasteiger partial charge is 0.494 e. The molecule has 1 atom stereocenters. The highest BCUT2D eigenvalue weighted by Gasteiger charge is 2.34. The van der Waals surface area contributed by atoms with Crippen molar-refractivity contribution in [1.29, 1.82) is 0 Å². The van der Waals surface area contributed by atoms with Crippen LogP contribution in [-0.4, -0.2) is 24.8 Å². The van der Waals surface area contributed by atoms with Crippen LogP contribution in [0.4, 0.5) is 11.4 Å². The molecule has 2 aromatic carbocycles. The number of rotatable bonds is 4. The standard InChI is InChI=1S/C17H15ClN4O2/c1-11-16(17(23)22(21-11)13-6-4-3-5-7-13)20-19-14-9-8-12(18)10-15(14)24-2/h3-10,16H,1-2H3. The first-order chi connectivity index (χ1) is 11.6. The molecular weight excluding hydrogens is 328 g/mol. The van der Waals surface area contributed by atoms with Gasteiger partial charge < -0.3 is 4.74 Å². The summed E-state index contributed by atoms with van der Waals surface area (Å²) in [6, 6.07) is 13.5. The number of anilines is 1. The highest BCUT2D eigenvalue weighted by Crippen LogP contribution is 2.31. The number of halogens is 1. The Balaban J connectivity index is 1.84. The van der Waals surface area contributed by atoms with Gasteiger partial charge in [-0.05, 0) is 31.2 Å². The zero-order chi connectivity index (χ0) is 17.1. The molecule has 2 aromatic rings. The van der Waals surface area contributed by atoms with Gasteiger partial charge in [0.1, 0.15) is 11.4 Å². The number of hydrazone groups is 1. The molecule has 3 rings (SSSR count). The molecule has 122 valence electrons. The maximum atomic E-state index is 12.6. The minimum absolute atomic E-state index is 0.240. The summed E-state index contributed by atoms with van der Waals surface area (Å²) in [5.41, 5.74) is 1.78. The maximum Gasteiger partial charge on any atom is 0.280 e. The Morgan fingerprint density at radius 2 is 1.96 bits per heavy atom. The molecule has 0 aliphatic carbocycles. The number of para-hydroxylation sites is 1. The smallest absolute Gasteiger partial charge is 0.280 e. The zero-order valence-electron chi connectivity index (χ0n) is 13.2. The second-order valence-electron chi connectivity index (χ2n) is 5.16. The number of hydrogen-bond acceptors (Lipinski definition) is 5. The molecule has 0 aromatic heterocycles. The third-order valence-electron chi connectivity index (χ3n) is 3.52. The van der Waals surface area contributed by atoms with Gasteiger partial charge in [0.15, 0.2) is 6.04 Å². The average molecular weight is 343 g/mol. The van der Waals surface area contributed by atoms with Gasteiger partial charge in [-0.1, -0.05) is 29.8 Å². The summed E-state index contributed by atoms with van der Waals surface area (Å²) in [5.74, 6) is 0.251. The predicted molar refractivity (Wildman–Crippen MR) is 93.3 cm³/mol. The van der Waals surface area contributed by atoms with Crippen LogP contribution in [0.2, 0.25) is 5.02 Å². The van der Waals surface area contributed by atoms with Gasteiger partial charge in [-0.2, -0.15) is 20.3 Å². The quantitative estimate of drug-likeness (QED) is 0.780. The molecule has 0 saturated carbocycles. The minimum atomic E-state index is -0.745. The van der Waals surface area contributed by atoms with E-state index < -0.39 is 6.04 Å². The van der Waals surface area contributed by atoms with E-state index in [1.54, 1.807) is 25.1 Å². The second kappa shape index (κ2) is 6.80. The van der Waals surface area contributed by atoms with Crippen molar-refractivity contribution >= 4 is 34.6 Å². The number of ether oxygens (including phenoxy) is 1. The molecule has 6 nitrogen and oxygen atoms in total. The Bertz CT molecular complexity index is 821. The van der Waals surface area contributed by atoms with Crippen LogP contribution in [0.3, 0.4) is 0 Å². The lowest BCUT2D eigenvalue weighted by Crippen LogP contribution is -2.29. The first-order valence-electron chi connectivity index (χ1n) is 7.28. The number of carbonyl (C=O) groups is 1. The van der Waals surface area contributed by atoms with Crippen LogP contribution in [0.1, 0.15) is 6.92 Å². The van der Waals surface area contributed by atoms with Gasteiger partial charge in [0.05, 0.1) is 18.5 Å². The van der Waals surface area contributed by atoms with E-state index >= 15 is 0 Å². The van der Waals surface area contributed by atoms with E-state index in [0.717, 1.165) is 0 Å². The van der Waals surface area contributed by atoms with E-state index in [9.17, 15) is 4.79 Å². The van der Waals surface area contributed by atoms with Crippen molar-refractivity contribution in [3.05, 3.63) is 53.6 Å². The van der Waals surface area contributed by atoms with Crippen LogP contribution in [-0.2, 0) is 4.79 Å². The fraction of sp³-hybridized carbons (Fsp3) is 0.176. The van der Waals surface area contributed by atoms with Crippen molar-refractivity contribution in [2.24, 2.45) is 15.3 Å². The molecule has 1 heterocycles. The number of amides is 1. The molecule has 0 saturated heterocycles. The molecule has 0 spiro atoms. The van der Waals surface area contributed by atoms with Crippen molar-refractivity contribution < 1.29 is 9.53 Å². The maximum absolute atomic E-state index is 12.6. The Labute approximate surface area is 144 Å². The molecule has 1 unspecified atom stereocenters. The van der Waals surface area contributed by atoms with Crippen LogP contribution < -0.4 is 9.75 Å². The Morgan fingerprint density at radius 1 is 1.21 bits per heavy atom. The van der Waals surface area contributed by atoms with Crippen molar-refractivity contribution in [2.45, 2.75) is 13.0 Å². The summed E-state index contributed by atoms with van der Waals surface area (Å²) < 4.78 is 5.22. The monoisotopic (exact) mass is 342 g/mol. The van der Waals surface area contributed by atoms with Gasteiger partial charge >= 0.3 is 0 Å². The molecule has 0 radical (unpaired) electrons. The third-order valence-corrected chi connectivity index (χ3v) is 3.75. The summed E-state index contributed by atoms with van der Waals surface area (Å²) >= 11 is 5.92. The van der Waals surface area contributed by atoms with Crippen molar-refractivity contribution in [3.63, 3.8) is 0 Å². The first-order valence-corrected chi connectivity index (χ1v) is 7.66. The van der Waals surface area contributed by atoms with Crippen LogP contribution in [0.5, 0.6) is 5.75 Å². The SMILES string of the molecule is COc1cc(Cl)ccc1N=NC1C(=O)N(c2ccccc2)N=C1C. The number of methoxy groups -OCH3 is 1. The topological polar surface area (TPSA) is 66.6 Å².